The number of imidazole rings is 1. The molecule has 2 heterocycles. The van der Waals surface area contributed by atoms with Gasteiger partial charge in [-0.1, -0.05) is 11.6 Å². The fourth-order valence-electron chi connectivity index (χ4n) is 2.87. The molecule has 0 fully saturated rings. The van der Waals surface area contributed by atoms with E-state index in [2.05, 4.69) is 10.1 Å². The number of hydrogen-bond donors (Lipinski definition) is 1. The fourth-order valence-corrected chi connectivity index (χ4v) is 3.03. The molecule has 0 aliphatic carbocycles. The summed E-state index contributed by atoms with van der Waals surface area (Å²) in [6.07, 6.45) is 0. The Balaban J connectivity index is 1.73. The van der Waals surface area contributed by atoms with Gasteiger partial charge in [0, 0.05) is 17.1 Å². The summed E-state index contributed by atoms with van der Waals surface area (Å²) in [5.41, 5.74) is 1.93. The standard InChI is InChI=1S/C18H14ClFN4O3/c19-12-3-6-14-15(9-12)23(7-8-25)16(21-14)10-24-18(26)27-17(22-24)11-1-4-13(20)5-2-11/h1-6,9,25H,7-8,10H2. The Hall–Kier alpha value is -2.97. The first kappa shape index (κ1) is 17.4. The third-order valence-electron chi connectivity index (χ3n) is 4.10. The predicted octanol–water partition coefficient (Wildman–Crippen LogP) is 2.69. The summed E-state index contributed by atoms with van der Waals surface area (Å²) in [6, 6.07) is 10.7. The van der Waals surface area contributed by atoms with Gasteiger partial charge in [-0.15, -0.1) is 5.10 Å². The molecule has 0 atom stereocenters. The Morgan fingerprint density at radius 3 is 2.70 bits per heavy atom. The van der Waals surface area contributed by atoms with Gasteiger partial charge in [0.1, 0.15) is 18.2 Å². The molecule has 0 aliphatic rings. The van der Waals surface area contributed by atoms with Crippen LogP contribution in [-0.4, -0.2) is 31.0 Å². The fraction of sp³-hybridized carbons (Fsp3) is 0.167. The second-order valence-corrected chi connectivity index (χ2v) is 6.31. The van der Waals surface area contributed by atoms with E-state index >= 15 is 0 Å². The smallest absolute Gasteiger partial charge is 0.395 e. The normalized spacial score (nSPS) is 11.4. The predicted molar refractivity (Wildman–Crippen MR) is 97.1 cm³/mol. The van der Waals surface area contributed by atoms with Crippen LogP contribution in [0, 0.1) is 5.82 Å². The maximum atomic E-state index is 13.1. The number of halogens is 2. The van der Waals surface area contributed by atoms with E-state index in [-0.39, 0.29) is 19.0 Å². The highest BCUT2D eigenvalue weighted by Gasteiger charge is 2.16. The van der Waals surface area contributed by atoms with Gasteiger partial charge in [0.05, 0.1) is 17.6 Å². The Morgan fingerprint density at radius 2 is 1.96 bits per heavy atom. The van der Waals surface area contributed by atoms with Crippen molar-refractivity contribution in [3.63, 3.8) is 0 Å². The number of hydrogen-bond acceptors (Lipinski definition) is 5. The van der Waals surface area contributed by atoms with Crippen LogP contribution in [0.3, 0.4) is 0 Å². The van der Waals surface area contributed by atoms with Crippen LogP contribution in [0.25, 0.3) is 22.5 Å². The van der Waals surface area contributed by atoms with Gasteiger partial charge >= 0.3 is 5.76 Å². The number of nitrogens with zero attached hydrogens (tertiary/aromatic N) is 4. The van der Waals surface area contributed by atoms with Crippen LogP contribution >= 0.6 is 11.6 Å². The van der Waals surface area contributed by atoms with Crippen molar-refractivity contribution in [3.8, 4) is 11.5 Å². The second-order valence-electron chi connectivity index (χ2n) is 5.87. The summed E-state index contributed by atoms with van der Waals surface area (Å²) in [7, 11) is 0. The molecule has 9 heteroatoms. The number of benzene rings is 2. The molecule has 4 aromatic rings. The zero-order chi connectivity index (χ0) is 19.0. The first-order chi connectivity index (χ1) is 13.0. The van der Waals surface area contributed by atoms with E-state index in [4.69, 9.17) is 16.0 Å². The second kappa shape index (κ2) is 6.98. The minimum Gasteiger partial charge on any atom is -0.395 e. The van der Waals surface area contributed by atoms with Crippen molar-refractivity contribution in [1.82, 2.24) is 19.3 Å². The molecule has 0 saturated heterocycles. The lowest BCUT2D eigenvalue weighted by Crippen LogP contribution is -2.20. The van der Waals surface area contributed by atoms with E-state index in [1.165, 1.54) is 24.3 Å². The lowest BCUT2D eigenvalue weighted by molar-refractivity contribution is 0.275. The van der Waals surface area contributed by atoms with E-state index in [1.54, 1.807) is 22.8 Å². The zero-order valence-electron chi connectivity index (χ0n) is 14.0. The summed E-state index contributed by atoms with van der Waals surface area (Å²) in [5.74, 6) is -0.429. The minimum atomic E-state index is -0.657. The molecule has 4 rings (SSSR count). The summed E-state index contributed by atoms with van der Waals surface area (Å²) in [4.78, 5) is 16.7. The maximum Gasteiger partial charge on any atom is 0.437 e. The highest BCUT2D eigenvalue weighted by atomic mass is 35.5. The number of aliphatic hydroxyl groups is 1. The van der Waals surface area contributed by atoms with Crippen LogP contribution in [0.1, 0.15) is 5.82 Å². The topological polar surface area (TPSA) is 86.1 Å². The van der Waals surface area contributed by atoms with Crippen LogP contribution in [-0.2, 0) is 13.1 Å². The van der Waals surface area contributed by atoms with Crippen LogP contribution in [0.4, 0.5) is 4.39 Å². The number of fused-ring (bicyclic) bond motifs is 1. The SMILES string of the molecule is O=c1oc(-c2ccc(F)cc2)nn1Cc1nc2ccc(Cl)cc2n1CCO. The van der Waals surface area contributed by atoms with E-state index in [0.717, 1.165) is 10.2 Å². The Kier molecular flexibility index (Phi) is 4.51. The van der Waals surface area contributed by atoms with Gasteiger partial charge < -0.3 is 14.1 Å². The zero-order valence-corrected chi connectivity index (χ0v) is 14.7. The van der Waals surface area contributed by atoms with Gasteiger partial charge in [0.2, 0.25) is 5.89 Å². The van der Waals surface area contributed by atoms with Gasteiger partial charge in [-0.2, -0.15) is 4.68 Å². The minimum absolute atomic E-state index is 0.0514. The largest absolute Gasteiger partial charge is 0.437 e. The highest BCUT2D eigenvalue weighted by molar-refractivity contribution is 6.31. The summed E-state index contributed by atoms with van der Waals surface area (Å²) >= 11 is 6.05. The van der Waals surface area contributed by atoms with Crippen LogP contribution in [0.15, 0.2) is 51.7 Å². The number of aromatic nitrogens is 4. The molecule has 2 aromatic carbocycles. The monoisotopic (exact) mass is 388 g/mol. The molecule has 0 bridgehead atoms. The van der Waals surface area contributed by atoms with Crippen molar-refractivity contribution in [2.75, 3.05) is 6.61 Å². The average Bonchev–Trinajstić information content (AvgIpc) is 3.17. The quantitative estimate of drug-likeness (QED) is 0.568. The van der Waals surface area contributed by atoms with Crippen LogP contribution in [0.5, 0.6) is 0 Å². The van der Waals surface area contributed by atoms with E-state index in [1.807, 2.05) is 0 Å². The van der Waals surface area contributed by atoms with Gasteiger partial charge in [-0.3, -0.25) is 0 Å². The lowest BCUT2D eigenvalue weighted by Gasteiger charge is -2.06. The van der Waals surface area contributed by atoms with Gasteiger partial charge in [0.25, 0.3) is 0 Å². The van der Waals surface area contributed by atoms with Crippen molar-refractivity contribution < 1.29 is 13.9 Å². The molecule has 0 unspecified atom stereocenters. The maximum absolute atomic E-state index is 13.1. The van der Waals surface area contributed by atoms with Crippen molar-refractivity contribution >= 4 is 22.6 Å². The lowest BCUT2D eigenvalue weighted by atomic mass is 10.2. The molecule has 27 heavy (non-hydrogen) atoms. The summed E-state index contributed by atoms with van der Waals surface area (Å²) < 4.78 is 21.1. The first-order valence-corrected chi connectivity index (χ1v) is 8.52. The molecule has 0 amide bonds. The van der Waals surface area contributed by atoms with E-state index < -0.39 is 11.6 Å². The molecular formula is C18H14ClFN4O3. The third kappa shape index (κ3) is 3.36. The van der Waals surface area contributed by atoms with Crippen molar-refractivity contribution in [2.45, 2.75) is 13.1 Å². The molecule has 1 N–H and O–H groups in total. The summed E-state index contributed by atoms with van der Waals surface area (Å²) in [6.45, 7) is 0.249. The van der Waals surface area contributed by atoms with E-state index in [9.17, 15) is 14.3 Å². The number of aliphatic hydroxyl groups excluding tert-OH is 1. The highest BCUT2D eigenvalue weighted by Crippen LogP contribution is 2.21. The van der Waals surface area contributed by atoms with E-state index in [0.29, 0.717) is 28.5 Å². The molecule has 0 spiro atoms. The molecule has 0 aliphatic heterocycles. The summed E-state index contributed by atoms with van der Waals surface area (Å²) in [5, 5.41) is 14.1. The first-order valence-electron chi connectivity index (χ1n) is 8.14. The van der Waals surface area contributed by atoms with Gasteiger partial charge in [-0.25, -0.2) is 14.2 Å². The molecular weight excluding hydrogens is 375 g/mol. The van der Waals surface area contributed by atoms with Crippen molar-refractivity contribution in [2.24, 2.45) is 0 Å². The van der Waals surface area contributed by atoms with Crippen molar-refractivity contribution in [3.05, 3.63) is 69.7 Å². The van der Waals surface area contributed by atoms with Crippen LogP contribution < -0.4 is 5.76 Å². The third-order valence-corrected chi connectivity index (χ3v) is 4.34. The molecule has 0 radical (unpaired) electrons. The Labute approximate surface area is 157 Å². The Morgan fingerprint density at radius 1 is 1.19 bits per heavy atom. The average molecular weight is 389 g/mol. The van der Waals surface area contributed by atoms with Crippen molar-refractivity contribution in [1.29, 1.82) is 0 Å². The molecule has 138 valence electrons. The van der Waals surface area contributed by atoms with Crippen LogP contribution in [0.2, 0.25) is 5.02 Å². The number of rotatable bonds is 5. The van der Waals surface area contributed by atoms with Gasteiger partial charge in [-0.05, 0) is 42.5 Å². The molecule has 2 aromatic heterocycles. The molecule has 7 nitrogen and oxygen atoms in total. The van der Waals surface area contributed by atoms with Gasteiger partial charge in [0.15, 0.2) is 0 Å². The molecule has 0 saturated carbocycles. The Bertz CT molecular complexity index is 1160.